The summed E-state index contributed by atoms with van der Waals surface area (Å²) < 4.78 is 22.3. The molecule has 0 aliphatic carbocycles. The van der Waals surface area contributed by atoms with Gasteiger partial charge in [0.25, 0.3) is 0 Å². The number of urea groups is 1. The van der Waals surface area contributed by atoms with Crippen molar-refractivity contribution in [1.29, 1.82) is 0 Å². The molecule has 8 nitrogen and oxygen atoms in total. The third-order valence-electron chi connectivity index (χ3n) is 2.81. The molecular weight excluding hydrogens is 294 g/mol. The first kappa shape index (κ1) is 15.0. The first-order valence-corrected chi connectivity index (χ1v) is 7.60. The number of anilines is 1. The molecule has 0 fully saturated rings. The van der Waals surface area contributed by atoms with Gasteiger partial charge in [-0.25, -0.2) is 18.4 Å². The van der Waals surface area contributed by atoms with Crippen molar-refractivity contribution < 1.29 is 13.2 Å². The van der Waals surface area contributed by atoms with E-state index in [1.807, 2.05) is 0 Å². The van der Waals surface area contributed by atoms with Crippen LogP contribution < -0.4 is 15.8 Å². The molecule has 2 rings (SSSR count). The molecule has 112 valence electrons. The Morgan fingerprint density at radius 1 is 1.33 bits per heavy atom. The minimum absolute atomic E-state index is 0.0290. The van der Waals surface area contributed by atoms with Gasteiger partial charge < -0.3 is 10.6 Å². The number of aromatic amines is 1. The van der Waals surface area contributed by atoms with Crippen LogP contribution in [0.15, 0.2) is 41.6 Å². The van der Waals surface area contributed by atoms with Gasteiger partial charge in [-0.3, -0.25) is 5.10 Å². The number of hydrogen-bond donors (Lipinski definition) is 4. The number of nitrogens with one attached hydrogen (secondary N) is 3. The number of amides is 2. The van der Waals surface area contributed by atoms with Crippen LogP contribution in [-0.4, -0.2) is 24.6 Å². The van der Waals surface area contributed by atoms with E-state index in [-0.39, 0.29) is 17.0 Å². The highest BCUT2D eigenvalue weighted by atomic mass is 32.2. The number of carbonyl (C=O) groups excluding carboxylic acids is 1. The number of nitrogens with two attached hydrogens (primary N) is 1. The van der Waals surface area contributed by atoms with Gasteiger partial charge in [0.05, 0.1) is 22.8 Å². The third kappa shape index (κ3) is 4.04. The van der Waals surface area contributed by atoms with Crippen LogP contribution in [-0.2, 0) is 10.0 Å². The van der Waals surface area contributed by atoms with E-state index in [2.05, 4.69) is 20.8 Å². The second-order valence-corrected chi connectivity index (χ2v) is 5.98. The molecule has 0 radical (unpaired) electrons. The predicted octanol–water partition coefficient (Wildman–Crippen LogP) is 0.940. The summed E-state index contributed by atoms with van der Waals surface area (Å²) in [7, 11) is -3.71. The molecule has 0 spiro atoms. The number of carbonyl (C=O) groups is 1. The lowest BCUT2D eigenvalue weighted by Gasteiger charge is -2.14. The van der Waals surface area contributed by atoms with Crippen molar-refractivity contribution in [3.8, 4) is 0 Å². The highest BCUT2D eigenvalue weighted by molar-refractivity contribution is 7.89. The van der Waals surface area contributed by atoms with Gasteiger partial charge in [0.1, 0.15) is 0 Å². The molecule has 0 saturated carbocycles. The van der Waals surface area contributed by atoms with Crippen LogP contribution in [0.25, 0.3) is 0 Å². The van der Waals surface area contributed by atoms with Crippen molar-refractivity contribution in [1.82, 2.24) is 15.5 Å². The second kappa shape index (κ2) is 5.94. The Morgan fingerprint density at radius 3 is 2.52 bits per heavy atom. The second-order valence-electron chi connectivity index (χ2n) is 4.42. The smallest absolute Gasteiger partial charge is 0.319 e. The summed E-state index contributed by atoms with van der Waals surface area (Å²) in [4.78, 5) is 11.8. The topological polar surface area (TPSA) is 130 Å². The van der Waals surface area contributed by atoms with Gasteiger partial charge in [0, 0.05) is 6.20 Å². The SMILES string of the molecule is C[C@H](NC(=O)Nc1cn[nH]c1)c1ccc(S(N)(=O)=O)cc1. The van der Waals surface area contributed by atoms with Crippen molar-refractivity contribution in [2.45, 2.75) is 17.9 Å². The van der Waals surface area contributed by atoms with Gasteiger partial charge in [-0.2, -0.15) is 5.10 Å². The van der Waals surface area contributed by atoms with E-state index in [0.29, 0.717) is 5.69 Å². The Bertz CT molecular complexity index is 710. The molecule has 9 heteroatoms. The summed E-state index contributed by atoms with van der Waals surface area (Å²) in [6.45, 7) is 1.78. The van der Waals surface area contributed by atoms with Crippen LogP contribution in [0.5, 0.6) is 0 Å². The number of aromatic nitrogens is 2. The fourth-order valence-corrected chi connectivity index (χ4v) is 2.23. The number of primary sulfonamides is 1. The maximum Gasteiger partial charge on any atom is 0.319 e. The first-order chi connectivity index (χ1) is 9.86. The minimum Gasteiger partial charge on any atom is -0.331 e. The zero-order chi connectivity index (χ0) is 15.5. The van der Waals surface area contributed by atoms with Crippen LogP contribution in [0.3, 0.4) is 0 Å². The highest BCUT2D eigenvalue weighted by Crippen LogP contribution is 2.15. The summed E-state index contributed by atoms with van der Waals surface area (Å²) in [6, 6.07) is 5.31. The van der Waals surface area contributed by atoms with E-state index >= 15 is 0 Å². The summed E-state index contributed by atoms with van der Waals surface area (Å²) in [5.41, 5.74) is 1.30. The average molecular weight is 309 g/mol. The molecule has 0 bridgehead atoms. The van der Waals surface area contributed by atoms with E-state index in [0.717, 1.165) is 5.56 Å². The van der Waals surface area contributed by atoms with Crippen molar-refractivity contribution >= 4 is 21.7 Å². The molecule has 5 N–H and O–H groups in total. The van der Waals surface area contributed by atoms with Crippen LogP contribution in [0.4, 0.5) is 10.5 Å². The van der Waals surface area contributed by atoms with E-state index in [1.165, 1.54) is 18.3 Å². The number of nitrogens with zero attached hydrogens (tertiary/aromatic N) is 1. The monoisotopic (exact) mass is 309 g/mol. The first-order valence-electron chi connectivity index (χ1n) is 6.05. The largest absolute Gasteiger partial charge is 0.331 e. The van der Waals surface area contributed by atoms with Crippen molar-refractivity contribution in [3.63, 3.8) is 0 Å². The van der Waals surface area contributed by atoms with Gasteiger partial charge in [-0.15, -0.1) is 0 Å². The molecular formula is C12H15N5O3S. The fourth-order valence-electron chi connectivity index (χ4n) is 1.71. The number of benzene rings is 1. The van der Waals surface area contributed by atoms with Crippen molar-refractivity contribution in [3.05, 3.63) is 42.2 Å². The number of hydrogen-bond acceptors (Lipinski definition) is 4. The molecule has 1 aromatic carbocycles. The molecule has 0 aliphatic rings. The maximum absolute atomic E-state index is 11.7. The molecule has 1 aromatic heterocycles. The lowest BCUT2D eigenvalue weighted by atomic mass is 10.1. The number of rotatable bonds is 4. The van der Waals surface area contributed by atoms with Crippen LogP contribution in [0, 0.1) is 0 Å². The molecule has 2 amide bonds. The number of sulfonamides is 1. The maximum atomic E-state index is 11.7. The third-order valence-corrected chi connectivity index (χ3v) is 3.74. The highest BCUT2D eigenvalue weighted by Gasteiger charge is 2.12. The Balaban J connectivity index is 2.00. The molecule has 0 unspecified atom stereocenters. The summed E-state index contributed by atoms with van der Waals surface area (Å²) in [5.74, 6) is 0. The Labute approximate surface area is 121 Å². The number of H-pyrrole nitrogens is 1. The van der Waals surface area contributed by atoms with Crippen LogP contribution in [0.1, 0.15) is 18.5 Å². The lowest BCUT2D eigenvalue weighted by molar-refractivity contribution is 0.249. The molecule has 0 saturated heterocycles. The van der Waals surface area contributed by atoms with E-state index < -0.39 is 10.0 Å². The van der Waals surface area contributed by atoms with E-state index in [1.54, 1.807) is 25.3 Å². The predicted molar refractivity (Wildman–Crippen MR) is 77.0 cm³/mol. The Hall–Kier alpha value is -2.39. The quantitative estimate of drug-likeness (QED) is 0.669. The van der Waals surface area contributed by atoms with E-state index in [4.69, 9.17) is 5.14 Å². The van der Waals surface area contributed by atoms with Gasteiger partial charge in [0.2, 0.25) is 10.0 Å². The van der Waals surface area contributed by atoms with Crippen molar-refractivity contribution in [2.75, 3.05) is 5.32 Å². The fraction of sp³-hybridized carbons (Fsp3) is 0.167. The lowest BCUT2D eigenvalue weighted by Crippen LogP contribution is -2.31. The van der Waals surface area contributed by atoms with Gasteiger partial charge in [0.15, 0.2) is 0 Å². The van der Waals surface area contributed by atoms with Crippen LogP contribution >= 0.6 is 0 Å². The normalized spacial score (nSPS) is 12.7. The molecule has 1 atom stereocenters. The minimum atomic E-state index is -3.71. The van der Waals surface area contributed by atoms with Crippen LogP contribution in [0.2, 0.25) is 0 Å². The zero-order valence-electron chi connectivity index (χ0n) is 11.2. The van der Waals surface area contributed by atoms with Gasteiger partial charge >= 0.3 is 6.03 Å². The summed E-state index contributed by atoms with van der Waals surface area (Å²) >= 11 is 0. The summed E-state index contributed by atoms with van der Waals surface area (Å²) in [6.07, 6.45) is 3.02. The molecule has 2 aromatic rings. The van der Waals surface area contributed by atoms with Gasteiger partial charge in [-0.1, -0.05) is 12.1 Å². The van der Waals surface area contributed by atoms with E-state index in [9.17, 15) is 13.2 Å². The molecule has 1 heterocycles. The average Bonchev–Trinajstić information content (AvgIpc) is 2.90. The Kier molecular flexibility index (Phi) is 4.24. The summed E-state index contributed by atoms with van der Waals surface area (Å²) in [5, 5.41) is 16.6. The molecule has 21 heavy (non-hydrogen) atoms. The zero-order valence-corrected chi connectivity index (χ0v) is 12.0. The molecule has 0 aliphatic heterocycles. The van der Waals surface area contributed by atoms with Crippen molar-refractivity contribution in [2.24, 2.45) is 5.14 Å². The Morgan fingerprint density at radius 2 is 2.00 bits per heavy atom. The standard InChI is InChI=1S/C12H15N5O3S/c1-8(16-12(18)17-10-6-14-15-7-10)9-2-4-11(5-3-9)21(13,19)20/h2-8H,1H3,(H,14,15)(H2,13,19,20)(H2,16,17,18)/t8-/m0/s1. The van der Waals surface area contributed by atoms with Gasteiger partial charge in [-0.05, 0) is 24.6 Å².